The van der Waals surface area contributed by atoms with Crippen molar-refractivity contribution >= 4 is 35.8 Å². The highest BCUT2D eigenvalue weighted by Gasteiger charge is 2.32. The highest BCUT2D eigenvalue weighted by molar-refractivity contribution is 7.99. The molecular formula is C14H18ClF3N2OS. The van der Waals surface area contributed by atoms with Gasteiger partial charge in [0.15, 0.2) is 0 Å². The fraction of sp³-hybridized carbons (Fsp3) is 0.500. The van der Waals surface area contributed by atoms with Gasteiger partial charge in [-0.3, -0.25) is 4.79 Å². The van der Waals surface area contributed by atoms with Gasteiger partial charge in [-0.15, -0.1) is 12.4 Å². The van der Waals surface area contributed by atoms with Crippen LogP contribution in [-0.2, 0) is 6.18 Å². The predicted molar refractivity (Wildman–Crippen MR) is 85.5 cm³/mol. The standard InChI is InChI=1S/C14H17F3N2OS.ClH/c1-21-10-4-3-9(7-10)19-13(20)11-6-8(14(15,16)17)2-5-12(11)18;/h2,5-6,9-10H,3-4,7,18H2,1H3,(H,19,20);1H. The van der Waals surface area contributed by atoms with E-state index in [9.17, 15) is 18.0 Å². The lowest BCUT2D eigenvalue weighted by molar-refractivity contribution is -0.137. The lowest BCUT2D eigenvalue weighted by Crippen LogP contribution is -2.33. The number of hydrogen-bond donors (Lipinski definition) is 2. The van der Waals surface area contributed by atoms with Gasteiger partial charge in [-0.25, -0.2) is 0 Å². The second kappa shape index (κ2) is 7.46. The van der Waals surface area contributed by atoms with Crippen LogP contribution in [0.2, 0.25) is 0 Å². The molecule has 2 atom stereocenters. The Labute approximate surface area is 137 Å². The molecule has 3 nitrogen and oxygen atoms in total. The van der Waals surface area contributed by atoms with Crippen LogP contribution < -0.4 is 11.1 Å². The lowest BCUT2D eigenvalue weighted by Gasteiger charge is -2.15. The first-order valence-corrected chi connectivity index (χ1v) is 7.90. The van der Waals surface area contributed by atoms with Crippen molar-refractivity contribution in [3.05, 3.63) is 29.3 Å². The van der Waals surface area contributed by atoms with Crippen molar-refractivity contribution in [2.24, 2.45) is 0 Å². The molecule has 3 N–H and O–H groups in total. The molecule has 1 fully saturated rings. The molecule has 2 unspecified atom stereocenters. The third kappa shape index (κ3) is 4.46. The minimum absolute atomic E-state index is 0. The zero-order chi connectivity index (χ0) is 15.6. The molecule has 1 aliphatic carbocycles. The number of nitrogens with one attached hydrogen (secondary N) is 1. The van der Waals surface area contributed by atoms with Crippen LogP contribution in [0.3, 0.4) is 0 Å². The Morgan fingerprint density at radius 2 is 2.05 bits per heavy atom. The van der Waals surface area contributed by atoms with E-state index in [1.54, 1.807) is 11.8 Å². The lowest BCUT2D eigenvalue weighted by atomic mass is 10.1. The summed E-state index contributed by atoms with van der Waals surface area (Å²) in [5.74, 6) is -0.537. The quantitative estimate of drug-likeness (QED) is 0.813. The molecule has 0 radical (unpaired) electrons. The van der Waals surface area contributed by atoms with Crippen LogP contribution in [0, 0.1) is 0 Å². The minimum Gasteiger partial charge on any atom is -0.398 e. The molecule has 0 heterocycles. The van der Waals surface area contributed by atoms with Crippen LogP contribution in [0.15, 0.2) is 18.2 Å². The van der Waals surface area contributed by atoms with Crippen LogP contribution in [-0.4, -0.2) is 23.5 Å². The highest BCUT2D eigenvalue weighted by atomic mass is 35.5. The number of amides is 1. The molecule has 2 rings (SSSR count). The Morgan fingerprint density at radius 3 is 2.59 bits per heavy atom. The van der Waals surface area contributed by atoms with Gasteiger partial charge in [0.1, 0.15) is 0 Å². The molecular weight excluding hydrogens is 337 g/mol. The third-order valence-electron chi connectivity index (χ3n) is 3.68. The summed E-state index contributed by atoms with van der Waals surface area (Å²) in [5, 5.41) is 3.27. The highest BCUT2D eigenvalue weighted by Crippen LogP contribution is 2.32. The van der Waals surface area contributed by atoms with Crippen LogP contribution in [0.5, 0.6) is 0 Å². The first-order valence-electron chi connectivity index (χ1n) is 6.61. The number of nitrogen functional groups attached to an aromatic ring is 1. The third-order valence-corrected chi connectivity index (χ3v) is 4.77. The Morgan fingerprint density at radius 1 is 1.36 bits per heavy atom. The Kier molecular flexibility index (Phi) is 6.43. The molecule has 1 amide bonds. The fourth-order valence-electron chi connectivity index (χ4n) is 2.48. The number of nitrogens with two attached hydrogens (primary N) is 1. The van der Waals surface area contributed by atoms with Gasteiger partial charge in [0, 0.05) is 17.0 Å². The maximum absolute atomic E-state index is 12.7. The molecule has 0 aromatic heterocycles. The summed E-state index contributed by atoms with van der Waals surface area (Å²) in [6.07, 6.45) is 0.214. The van der Waals surface area contributed by atoms with Gasteiger partial charge in [0.25, 0.3) is 5.91 Å². The van der Waals surface area contributed by atoms with Gasteiger partial charge >= 0.3 is 6.18 Å². The summed E-state index contributed by atoms with van der Waals surface area (Å²) in [5.41, 5.74) is 4.71. The van der Waals surface area contributed by atoms with Crippen molar-refractivity contribution in [3.8, 4) is 0 Å². The van der Waals surface area contributed by atoms with Crippen molar-refractivity contribution in [2.45, 2.75) is 36.7 Å². The molecule has 124 valence electrons. The Hall–Kier alpha value is -1.08. The first-order chi connectivity index (χ1) is 9.81. The van der Waals surface area contributed by atoms with Crippen LogP contribution >= 0.6 is 24.2 Å². The number of hydrogen-bond acceptors (Lipinski definition) is 3. The molecule has 1 aromatic rings. The van der Waals surface area contributed by atoms with Crippen LogP contribution in [0.25, 0.3) is 0 Å². The average Bonchev–Trinajstić information content (AvgIpc) is 2.85. The predicted octanol–water partition coefficient (Wildman–Crippen LogP) is 3.72. The molecule has 0 saturated heterocycles. The van der Waals surface area contributed by atoms with Crippen molar-refractivity contribution in [1.29, 1.82) is 0 Å². The summed E-state index contributed by atoms with van der Waals surface area (Å²) >= 11 is 1.74. The molecule has 1 aromatic carbocycles. The fourth-order valence-corrected chi connectivity index (χ4v) is 3.27. The van der Waals surface area contributed by atoms with Gasteiger partial charge < -0.3 is 11.1 Å². The van der Waals surface area contributed by atoms with Crippen LogP contribution in [0.4, 0.5) is 18.9 Å². The van der Waals surface area contributed by atoms with E-state index in [0.29, 0.717) is 5.25 Å². The largest absolute Gasteiger partial charge is 0.416 e. The van der Waals surface area contributed by atoms with Gasteiger partial charge in [-0.2, -0.15) is 24.9 Å². The second-order valence-electron chi connectivity index (χ2n) is 5.14. The molecule has 22 heavy (non-hydrogen) atoms. The molecule has 8 heteroatoms. The number of anilines is 1. The molecule has 1 aliphatic rings. The molecule has 0 spiro atoms. The normalized spacial score (nSPS) is 21.3. The summed E-state index contributed by atoms with van der Waals surface area (Å²) < 4.78 is 38.1. The first kappa shape index (κ1) is 19.0. The topological polar surface area (TPSA) is 55.1 Å². The van der Waals surface area contributed by atoms with Gasteiger partial charge in [-0.1, -0.05) is 0 Å². The number of thioether (sulfide) groups is 1. The summed E-state index contributed by atoms with van der Waals surface area (Å²) in [7, 11) is 0. The van der Waals surface area contributed by atoms with Gasteiger partial charge in [-0.05, 0) is 43.7 Å². The van der Waals surface area contributed by atoms with E-state index in [2.05, 4.69) is 5.32 Å². The zero-order valence-corrected chi connectivity index (χ0v) is 13.6. The number of benzene rings is 1. The number of carbonyl (C=O) groups is 1. The van der Waals surface area contributed by atoms with Crippen molar-refractivity contribution in [3.63, 3.8) is 0 Å². The van der Waals surface area contributed by atoms with Gasteiger partial charge in [0.05, 0.1) is 11.1 Å². The SMILES string of the molecule is CSC1CCC(NC(=O)c2cc(C(F)(F)F)ccc2N)C1.Cl. The average molecular weight is 355 g/mol. The summed E-state index contributed by atoms with van der Waals surface area (Å²) in [6, 6.07) is 2.82. The van der Waals surface area contributed by atoms with E-state index in [1.165, 1.54) is 0 Å². The monoisotopic (exact) mass is 354 g/mol. The van der Waals surface area contributed by atoms with Crippen molar-refractivity contribution in [1.82, 2.24) is 5.32 Å². The van der Waals surface area contributed by atoms with E-state index in [-0.39, 0.29) is 29.7 Å². The molecule has 1 saturated carbocycles. The van der Waals surface area contributed by atoms with E-state index in [0.717, 1.165) is 37.5 Å². The number of halogens is 4. The Balaban J connectivity index is 0.00000242. The van der Waals surface area contributed by atoms with Gasteiger partial charge in [0.2, 0.25) is 0 Å². The maximum Gasteiger partial charge on any atom is 0.416 e. The zero-order valence-electron chi connectivity index (χ0n) is 11.9. The van der Waals surface area contributed by atoms with E-state index in [1.807, 2.05) is 6.26 Å². The van der Waals surface area contributed by atoms with E-state index < -0.39 is 17.6 Å². The summed E-state index contributed by atoms with van der Waals surface area (Å²) in [6.45, 7) is 0. The molecule has 0 bridgehead atoms. The maximum atomic E-state index is 12.7. The molecule has 0 aliphatic heterocycles. The number of rotatable bonds is 3. The minimum atomic E-state index is -4.49. The van der Waals surface area contributed by atoms with Crippen LogP contribution in [0.1, 0.15) is 35.2 Å². The van der Waals surface area contributed by atoms with E-state index in [4.69, 9.17) is 5.73 Å². The second-order valence-corrected chi connectivity index (χ2v) is 6.28. The van der Waals surface area contributed by atoms with Crippen molar-refractivity contribution in [2.75, 3.05) is 12.0 Å². The number of carbonyl (C=O) groups excluding carboxylic acids is 1. The smallest absolute Gasteiger partial charge is 0.398 e. The summed E-state index contributed by atoms with van der Waals surface area (Å²) in [4.78, 5) is 12.1. The van der Waals surface area contributed by atoms with Crippen molar-refractivity contribution < 1.29 is 18.0 Å². The number of alkyl halides is 3. The van der Waals surface area contributed by atoms with E-state index >= 15 is 0 Å². The Bertz CT molecular complexity index is 539.